The summed E-state index contributed by atoms with van der Waals surface area (Å²) in [6.07, 6.45) is 3.02. The Labute approximate surface area is 117 Å². The first-order valence-electron chi connectivity index (χ1n) is 6.66. The number of hydrogen-bond donors (Lipinski definition) is 0. The Hall–Kier alpha value is -1.33. The first-order valence-corrected chi connectivity index (χ1v) is 7.61. The highest BCUT2D eigenvalue weighted by Gasteiger charge is 2.19. The number of aromatic nitrogens is 3. The van der Waals surface area contributed by atoms with Crippen LogP contribution >= 0.6 is 11.3 Å². The molecule has 2 aromatic heterocycles. The molecule has 5 heteroatoms. The average Bonchev–Trinajstić information content (AvgIpc) is 2.91. The molecule has 0 saturated heterocycles. The molecule has 1 aliphatic heterocycles. The van der Waals surface area contributed by atoms with Crippen LogP contribution in [0.1, 0.15) is 42.5 Å². The normalized spacial score (nSPS) is 15.7. The number of thiazole rings is 1. The molecule has 0 atom stereocenters. The van der Waals surface area contributed by atoms with Crippen molar-refractivity contribution >= 4 is 11.3 Å². The quantitative estimate of drug-likeness (QED) is 0.863. The lowest BCUT2D eigenvalue weighted by Gasteiger charge is -2.27. The van der Waals surface area contributed by atoms with Gasteiger partial charge in [-0.2, -0.15) is 0 Å². The molecule has 0 radical (unpaired) electrons. The van der Waals surface area contributed by atoms with Gasteiger partial charge < -0.3 is 0 Å². The Balaban J connectivity index is 1.73. The molecule has 0 fully saturated rings. The molecular weight excluding hydrogens is 256 g/mol. The summed E-state index contributed by atoms with van der Waals surface area (Å²) < 4.78 is 0. The van der Waals surface area contributed by atoms with Crippen molar-refractivity contribution in [3.8, 4) is 0 Å². The van der Waals surface area contributed by atoms with E-state index in [0.717, 1.165) is 37.6 Å². The minimum absolute atomic E-state index is 0.401. The van der Waals surface area contributed by atoms with Crippen LogP contribution in [-0.4, -0.2) is 26.4 Å². The second kappa shape index (κ2) is 5.35. The van der Waals surface area contributed by atoms with E-state index in [1.54, 1.807) is 11.3 Å². The Kier molecular flexibility index (Phi) is 3.57. The lowest BCUT2D eigenvalue weighted by atomic mass is 10.1. The largest absolute Gasteiger partial charge is 0.293 e. The fourth-order valence-corrected chi connectivity index (χ4v) is 2.90. The summed E-state index contributed by atoms with van der Waals surface area (Å²) >= 11 is 1.66. The van der Waals surface area contributed by atoms with E-state index in [0.29, 0.717) is 5.92 Å². The molecule has 0 amide bonds. The van der Waals surface area contributed by atoms with Crippen molar-refractivity contribution in [1.82, 2.24) is 19.9 Å². The molecule has 0 spiro atoms. The summed E-state index contributed by atoms with van der Waals surface area (Å²) in [4.78, 5) is 15.9. The van der Waals surface area contributed by atoms with Crippen molar-refractivity contribution in [2.24, 2.45) is 0 Å². The molecule has 19 heavy (non-hydrogen) atoms. The highest BCUT2D eigenvalue weighted by Crippen LogP contribution is 2.20. The van der Waals surface area contributed by atoms with Crippen LogP contribution < -0.4 is 0 Å². The number of nitrogens with zero attached hydrogens (tertiary/aromatic N) is 4. The molecule has 1 aliphatic rings. The van der Waals surface area contributed by atoms with Crippen LogP contribution in [0.3, 0.4) is 0 Å². The van der Waals surface area contributed by atoms with Gasteiger partial charge in [0.1, 0.15) is 5.82 Å². The summed E-state index contributed by atoms with van der Waals surface area (Å²) in [5.41, 5.74) is 5.55. The fraction of sp³-hybridized carbons (Fsp3) is 0.500. The van der Waals surface area contributed by atoms with Crippen LogP contribution in [0.4, 0.5) is 0 Å². The van der Waals surface area contributed by atoms with E-state index < -0.39 is 0 Å². The van der Waals surface area contributed by atoms with Crippen molar-refractivity contribution in [3.05, 3.63) is 39.9 Å². The smallest absolute Gasteiger partial charge is 0.131 e. The second-order valence-corrected chi connectivity index (χ2v) is 6.01. The van der Waals surface area contributed by atoms with Crippen LogP contribution in [-0.2, 0) is 19.5 Å². The second-order valence-electron chi connectivity index (χ2n) is 5.30. The molecule has 3 heterocycles. The van der Waals surface area contributed by atoms with Crippen molar-refractivity contribution in [1.29, 1.82) is 0 Å². The van der Waals surface area contributed by atoms with E-state index in [1.165, 1.54) is 11.3 Å². The molecule has 0 aromatic carbocycles. The number of fused-ring (bicyclic) bond motifs is 1. The lowest BCUT2D eigenvalue weighted by Crippen LogP contribution is -2.31. The zero-order chi connectivity index (χ0) is 13.2. The summed E-state index contributed by atoms with van der Waals surface area (Å²) in [5.74, 6) is 1.37. The lowest BCUT2D eigenvalue weighted by molar-refractivity contribution is 0.240. The van der Waals surface area contributed by atoms with Gasteiger partial charge in [-0.15, -0.1) is 11.3 Å². The maximum absolute atomic E-state index is 4.69. The fourth-order valence-electron chi connectivity index (χ4n) is 2.35. The molecule has 0 unspecified atom stereocenters. The first-order chi connectivity index (χ1) is 9.22. The summed E-state index contributed by atoms with van der Waals surface area (Å²) in [7, 11) is 0. The number of hydrogen-bond acceptors (Lipinski definition) is 5. The van der Waals surface area contributed by atoms with E-state index in [4.69, 9.17) is 4.98 Å². The zero-order valence-corrected chi connectivity index (χ0v) is 12.2. The van der Waals surface area contributed by atoms with Crippen LogP contribution in [0.15, 0.2) is 17.1 Å². The predicted octanol–water partition coefficient (Wildman–Crippen LogP) is 2.61. The molecule has 0 aliphatic carbocycles. The third kappa shape index (κ3) is 2.82. The summed E-state index contributed by atoms with van der Waals surface area (Å²) in [6.45, 7) is 7.19. The van der Waals surface area contributed by atoms with Crippen molar-refractivity contribution in [2.75, 3.05) is 6.54 Å². The van der Waals surface area contributed by atoms with E-state index in [1.807, 2.05) is 11.7 Å². The Bertz CT molecular complexity index is 551. The van der Waals surface area contributed by atoms with Crippen molar-refractivity contribution in [3.63, 3.8) is 0 Å². The zero-order valence-electron chi connectivity index (χ0n) is 11.3. The van der Waals surface area contributed by atoms with E-state index in [2.05, 4.69) is 34.1 Å². The minimum atomic E-state index is 0.401. The maximum Gasteiger partial charge on any atom is 0.131 e. The minimum Gasteiger partial charge on any atom is -0.293 e. The van der Waals surface area contributed by atoms with E-state index >= 15 is 0 Å². The predicted molar refractivity (Wildman–Crippen MR) is 76.1 cm³/mol. The van der Waals surface area contributed by atoms with Gasteiger partial charge in [-0.1, -0.05) is 13.8 Å². The van der Waals surface area contributed by atoms with Crippen LogP contribution in [0.2, 0.25) is 0 Å². The van der Waals surface area contributed by atoms with Crippen LogP contribution in [0.5, 0.6) is 0 Å². The molecular formula is C14H18N4S. The molecule has 100 valence electrons. The molecule has 0 N–H and O–H groups in total. The van der Waals surface area contributed by atoms with Gasteiger partial charge in [0.2, 0.25) is 0 Å². The average molecular weight is 274 g/mol. The van der Waals surface area contributed by atoms with Gasteiger partial charge in [-0.25, -0.2) is 15.0 Å². The molecule has 0 bridgehead atoms. The van der Waals surface area contributed by atoms with Gasteiger partial charge in [-0.3, -0.25) is 4.90 Å². The maximum atomic E-state index is 4.69. The Morgan fingerprint density at radius 1 is 1.37 bits per heavy atom. The topological polar surface area (TPSA) is 41.9 Å². The van der Waals surface area contributed by atoms with Crippen LogP contribution in [0.25, 0.3) is 0 Å². The van der Waals surface area contributed by atoms with Crippen molar-refractivity contribution in [2.45, 2.75) is 39.3 Å². The van der Waals surface area contributed by atoms with Crippen LogP contribution in [0, 0.1) is 0 Å². The molecule has 3 rings (SSSR count). The van der Waals surface area contributed by atoms with Gasteiger partial charge in [-0.05, 0) is 0 Å². The van der Waals surface area contributed by atoms with E-state index in [-0.39, 0.29) is 0 Å². The summed E-state index contributed by atoms with van der Waals surface area (Å²) in [6, 6.07) is 0. The molecule has 0 saturated carbocycles. The third-order valence-electron chi connectivity index (χ3n) is 3.42. The molecule has 2 aromatic rings. The third-order valence-corrected chi connectivity index (χ3v) is 4.05. The Morgan fingerprint density at radius 2 is 2.26 bits per heavy atom. The SMILES string of the molecule is CC(C)c1ncc2c(n1)CCN(Cc1cscn1)C2. The first kappa shape index (κ1) is 12.7. The van der Waals surface area contributed by atoms with Gasteiger partial charge in [0.15, 0.2) is 0 Å². The number of rotatable bonds is 3. The highest BCUT2D eigenvalue weighted by atomic mass is 32.1. The highest BCUT2D eigenvalue weighted by molar-refractivity contribution is 7.07. The van der Waals surface area contributed by atoms with Gasteiger partial charge in [0.25, 0.3) is 0 Å². The Morgan fingerprint density at radius 3 is 3.00 bits per heavy atom. The molecule has 4 nitrogen and oxygen atoms in total. The van der Waals surface area contributed by atoms with Gasteiger partial charge in [0.05, 0.1) is 11.2 Å². The van der Waals surface area contributed by atoms with E-state index in [9.17, 15) is 0 Å². The summed E-state index contributed by atoms with van der Waals surface area (Å²) in [5, 5.41) is 2.12. The monoisotopic (exact) mass is 274 g/mol. The van der Waals surface area contributed by atoms with Crippen molar-refractivity contribution < 1.29 is 0 Å². The van der Waals surface area contributed by atoms with Gasteiger partial charge >= 0.3 is 0 Å². The standard InChI is InChI=1S/C14H18N4S/c1-10(2)14-15-5-11-6-18(4-3-13(11)17-14)7-12-8-19-9-16-12/h5,8-10H,3-4,6-7H2,1-2H3. The van der Waals surface area contributed by atoms with Gasteiger partial charge in [0, 0.05) is 54.8 Å².